The van der Waals surface area contributed by atoms with Gasteiger partial charge < -0.3 is 0 Å². The van der Waals surface area contributed by atoms with Crippen molar-refractivity contribution < 1.29 is 0 Å². The molecule has 0 amide bonds. The molecule has 0 atom stereocenters. The van der Waals surface area contributed by atoms with E-state index in [1.54, 1.807) is 0 Å². The van der Waals surface area contributed by atoms with Crippen LogP contribution in [0.2, 0.25) is 0 Å². The van der Waals surface area contributed by atoms with Crippen LogP contribution in [0.3, 0.4) is 0 Å². The monoisotopic (exact) mass is 515 g/mol. The van der Waals surface area contributed by atoms with Crippen LogP contribution in [0, 0.1) is 0 Å². The SMILES string of the molecule is CCCCc1ccc(N=c2c3ccccc3c3c4c(=O)c5ccccc5c4c4c(=O)c5ccccc5c4c23)cc1. The van der Waals surface area contributed by atoms with Crippen molar-refractivity contribution in [3.63, 3.8) is 0 Å². The van der Waals surface area contributed by atoms with Gasteiger partial charge in [-0.1, -0.05) is 98.3 Å². The standard InChI is InChI=1S/C37H25NO2/c1-2-3-10-21-17-19-22(20-18-21)38-35-26-14-7-4-11-23(26)29-32(35)30-24-12-5-8-15-27(24)36(39)34(30)31-25-13-6-9-16-28(25)37(40)33(29)31/h4-9,11-20H,2-3,10H2,1H3. The van der Waals surface area contributed by atoms with Crippen LogP contribution in [0.5, 0.6) is 0 Å². The molecule has 0 aliphatic carbocycles. The van der Waals surface area contributed by atoms with Gasteiger partial charge >= 0.3 is 0 Å². The summed E-state index contributed by atoms with van der Waals surface area (Å²) in [6.45, 7) is 2.21. The van der Waals surface area contributed by atoms with Crippen LogP contribution in [0.4, 0.5) is 5.69 Å². The lowest BCUT2D eigenvalue weighted by molar-refractivity contribution is 0.795. The predicted molar refractivity (Wildman–Crippen MR) is 168 cm³/mol. The Morgan fingerprint density at radius 1 is 0.500 bits per heavy atom. The average Bonchev–Trinajstić information content (AvgIpc) is 3.59. The molecule has 0 saturated heterocycles. The normalized spacial score (nSPS) is 12.8. The first kappa shape index (κ1) is 23.0. The highest BCUT2D eigenvalue weighted by molar-refractivity contribution is 6.42. The Bertz CT molecular complexity index is 2410. The summed E-state index contributed by atoms with van der Waals surface area (Å²) >= 11 is 0. The highest BCUT2D eigenvalue weighted by Gasteiger charge is 2.26. The molecule has 0 aliphatic heterocycles. The van der Waals surface area contributed by atoms with Gasteiger partial charge in [0, 0.05) is 48.5 Å². The minimum Gasteiger partial charge on any atom is -0.289 e. The molecule has 0 heterocycles. The van der Waals surface area contributed by atoms with E-state index >= 15 is 0 Å². The molecule has 0 N–H and O–H groups in total. The number of hydrogen-bond acceptors (Lipinski definition) is 3. The van der Waals surface area contributed by atoms with E-state index in [2.05, 4.69) is 43.3 Å². The number of unbranched alkanes of at least 4 members (excludes halogenated alkanes) is 1. The molecule has 8 rings (SSSR count). The largest absolute Gasteiger partial charge is 0.289 e. The zero-order valence-electron chi connectivity index (χ0n) is 22.1. The summed E-state index contributed by atoms with van der Waals surface area (Å²) < 4.78 is 0. The quantitative estimate of drug-likeness (QED) is 0.237. The van der Waals surface area contributed by atoms with Crippen molar-refractivity contribution in [2.45, 2.75) is 26.2 Å². The molecule has 0 unspecified atom stereocenters. The highest BCUT2D eigenvalue weighted by Crippen LogP contribution is 2.42. The lowest BCUT2D eigenvalue weighted by Gasteiger charge is -2.03. The summed E-state index contributed by atoms with van der Waals surface area (Å²) in [4.78, 5) is 33.4. The zero-order valence-corrected chi connectivity index (χ0v) is 22.1. The van der Waals surface area contributed by atoms with E-state index in [1.807, 2.05) is 60.7 Å². The highest BCUT2D eigenvalue weighted by atomic mass is 16.1. The Morgan fingerprint density at radius 3 is 1.48 bits per heavy atom. The fourth-order valence-corrected chi connectivity index (χ4v) is 6.72. The van der Waals surface area contributed by atoms with Gasteiger partial charge in [0.25, 0.3) is 0 Å². The third kappa shape index (κ3) is 3.03. The Labute approximate surface area is 229 Å². The number of benzene rings is 5. The maximum atomic E-state index is 14.1. The van der Waals surface area contributed by atoms with Gasteiger partial charge in [0.05, 0.1) is 11.0 Å². The maximum Gasteiger partial charge on any atom is 0.194 e. The minimum atomic E-state index is -0.0234. The van der Waals surface area contributed by atoms with Crippen molar-refractivity contribution in [2.24, 2.45) is 4.99 Å². The maximum absolute atomic E-state index is 14.1. The second-order valence-electron chi connectivity index (χ2n) is 10.8. The van der Waals surface area contributed by atoms with Crippen LogP contribution >= 0.6 is 0 Å². The number of rotatable bonds is 4. The van der Waals surface area contributed by atoms with Crippen LogP contribution in [-0.4, -0.2) is 0 Å². The molecule has 3 heteroatoms. The summed E-state index contributed by atoms with van der Waals surface area (Å²) in [6, 6.07) is 32.1. The first-order chi connectivity index (χ1) is 19.7. The average molecular weight is 516 g/mol. The van der Waals surface area contributed by atoms with E-state index in [-0.39, 0.29) is 10.9 Å². The molecule has 3 nitrogen and oxygen atoms in total. The molecule has 0 spiro atoms. The van der Waals surface area contributed by atoms with Crippen molar-refractivity contribution in [1.29, 1.82) is 0 Å². The second-order valence-corrected chi connectivity index (χ2v) is 10.8. The Kier molecular flexibility index (Phi) is 4.93. The molecular formula is C37H25NO2. The van der Waals surface area contributed by atoms with Crippen molar-refractivity contribution in [1.82, 2.24) is 0 Å². The van der Waals surface area contributed by atoms with Gasteiger partial charge in [-0.3, -0.25) is 9.59 Å². The molecule has 8 aromatic carbocycles. The molecule has 8 aromatic rings. The van der Waals surface area contributed by atoms with Crippen LogP contribution in [0.15, 0.2) is 112 Å². The molecule has 0 aliphatic rings. The van der Waals surface area contributed by atoms with E-state index in [0.29, 0.717) is 21.5 Å². The van der Waals surface area contributed by atoms with Crippen LogP contribution in [0.25, 0.3) is 64.6 Å². The number of fused-ring (bicyclic) bond motifs is 12. The summed E-state index contributed by atoms with van der Waals surface area (Å²) in [5.74, 6) is 0. The zero-order chi connectivity index (χ0) is 27.0. The van der Waals surface area contributed by atoms with Crippen molar-refractivity contribution in [2.75, 3.05) is 0 Å². The van der Waals surface area contributed by atoms with E-state index < -0.39 is 0 Å². The van der Waals surface area contributed by atoms with Gasteiger partial charge in [-0.15, -0.1) is 0 Å². The number of hydrogen-bond donors (Lipinski definition) is 0. The third-order valence-electron chi connectivity index (χ3n) is 8.52. The van der Waals surface area contributed by atoms with Gasteiger partial charge in [-0.05, 0) is 46.7 Å². The number of aryl methyl sites for hydroxylation is 1. The van der Waals surface area contributed by atoms with Crippen molar-refractivity contribution in [3.05, 3.63) is 128 Å². The van der Waals surface area contributed by atoms with Gasteiger partial charge in [-0.2, -0.15) is 0 Å². The first-order valence-corrected chi connectivity index (χ1v) is 14.0. The molecule has 0 saturated carbocycles. The second kappa shape index (κ2) is 8.56. The molecule has 0 fully saturated rings. The predicted octanol–water partition coefficient (Wildman–Crippen LogP) is 8.21. The van der Waals surface area contributed by atoms with E-state index in [1.165, 1.54) is 5.56 Å². The summed E-state index contributed by atoms with van der Waals surface area (Å²) in [7, 11) is 0. The molecule has 0 radical (unpaired) electrons. The van der Waals surface area contributed by atoms with E-state index in [0.717, 1.165) is 73.4 Å². The Hall–Kier alpha value is -4.89. The van der Waals surface area contributed by atoms with Gasteiger partial charge in [0.1, 0.15) is 0 Å². The smallest absolute Gasteiger partial charge is 0.194 e. The van der Waals surface area contributed by atoms with E-state index in [9.17, 15) is 9.59 Å². The molecule has 190 valence electrons. The lowest BCUT2D eigenvalue weighted by Crippen LogP contribution is -2.01. The molecule has 0 aromatic heterocycles. The van der Waals surface area contributed by atoms with Crippen LogP contribution in [0.1, 0.15) is 25.3 Å². The van der Waals surface area contributed by atoms with Crippen LogP contribution in [-0.2, 0) is 6.42 Å². The summed E-state index contributed by atoms with van der Waals surface area (Å²) in [6.07, 6.45) is 3.38. The topological polar surface area (TPSA) is 46.5 Å². The fraction of sp³-hybridized carbons (Fsp3) is 0.108. The van der Waals surface area contributed by atoms with Crippen LogP contribution < -0.4 is 16.2 Å². The van der Waals surface area contributed by atoms with Gasteiger partial charge in [0.15, 0.2) is 10.9 Å². The molecule has 0 bridgehead atoms. The Morgan fingerprint density at radius 2 is 0.950 bits per heavy atom. The van der Waals surface area contributed by atoms with Crippen molar-refractivity contribution >= 4 is 70.3 Å². The molecule has 40 heavy (non-hydrogen) atoms. The lowest BCUT2D eigenvalue weighted by atomic mass is 9.99. The number of nitrogens with zero attached hydrogens (tertiary/aromatic N) is 1. The summed E-state index contributed by atoms with van der Waals surface area (Å²) in [5.41, 5.74) is 2.12. The molecular weight excluding hydrogens is 490 g/mol. The Balaban J connectivity index is 1.66. The van der Waals surface area contributed by atoms with Gasteiger partial charge in [-0.25, -0.2) is 4.99 Å². The minimum absolute atomic E-state index is 0.0234. The third-order valence-corrected chi connectivity index (χ3v) is 8.52. The van der Waals surface area contributed by atoms with Crippen molar-refractivity contribution in [3.8, 4) is 0 Å². The van der Waals surface area contributed by atoms with Gasteiger partial charge in [0.2, 0.25) is 0 Å². The fourth-order valence-electron chi connectivity index (χ4n) is 6.72. The summed E-state index contributed by atoms with van der Waals surface area (Å²) in [5, 5.41) is 10.6. The first-order valence-electron chi connectivity index (χ1n) is 14.0. The van der Waals surface area contributed by atoms with E-state index in [4.69, 9.17) is 4.99 Å².